The molecule has 2 fully saturated rings. The quantitative estimate of drug-likeness (QED) is 0.641. The van der Waals surface area contributed by atoms with Gasteiger partial charge in [-0.05, 0) is 19.9 Å². The van der Waals surface area contributed by atoms with Gasteiger partial charge < -0.3 is 19.5 Å². The van der Waals surface area contributed by atoms with Crippen molar-refractivity contribution in [2.24, 2.45) is 0 Å². The number of carbonyl (C=O) groups excluding carboxylic acids is 1. The van der Waals surface area contributed by atoms with Crippen molar-refractivity contribution in [1.82, 2.24) is 5.32 Å². The molecule has 15 heavy (non-hydrogen) atoms. The third-order valence-electron chi connectivity index (χ3n) is 2.78. The number of ether oxygens (including phenoxy) is 3. The average Bonchev–Trinajstić information content (AvgIpc) is 2.67. The highest BCUT2D eigenvalue weighted by atomic mass is 16.6. The maximum atomic E-state index is 11.5. The highest BCUT2D eigenvalue weighted by molar-refractivity contribution is 5.75. The highest BCUT2D eigenvalue weighted by Gasteiger charge is 2.43. The van der Waals surface area contributed by atoms with Crippen molar-refractivity contribution < 1.29 is 19.0 Å². The van der Waals surface area contributed by atoms with Gasteiger partial charge in [-0.1, -0.05) is 0 Å². The van der Waals surface area contributed by atoms with Crippen molar-refractivity contribution >= 4 is 5.97 Å². The monoisotopic (exact) mass is 215 g/mol. The fraction of sp³-hybridized carbons (Fsp3) is 0.900. The van der Waals surface area contributed by atoms with E-state index in [4.69, 9.17) is 14.2 Å². The van der Waals surface area contributed by atoms with Gasteiger partial charge in [-0.25, -0.2) is 4.79 Å². The van der Waals surface area contributed by atoms with Gasteiger partial charge in [-0.2, -0.15) is 0 Å². The molecule has 0 amide bonds. The van der Waals surface area contributed by atoms with Crippen molar-refractivity contribution in [2.75, 3.05) is 32.9 Å². The SMILES string of the molecule is CCOC(=O)C1COCC2(CCNC2)O1. The normalized spacial score (nSPS) is 35.7. The van der Waals surface area contributed by atoms with E-state index in [9.17, 15) is 4.79 Å². The molecule has 2 atom stereocenters. The Kier molecular flexibility index (Phi) is 3.23. The first-order valence-corrected chi connectivity index (χ1v) is 5.39. The van der Waals surface area contributed by atoms with Crippen LogP contribution in [0.4, 0.5) is 0 Å². The van der Waals surface area contributed by atoms with Crippen LogP contribution >= 0.6 is 0 Å². The lowest BCUT2D eigenvalue weighted by molar-refractivity contribution is -0.208. The zero-order chi connectivity index (χ0) is 10.7. The zero-order valence-electron chi connectivity index (χ0n) is 8.95. The summed E-state index contributed by atoms with van der Waals surface area (Å²) in [4.78, 5) is 11.5. The third-order valence-corrected chi connectivity index (χ3v) is 2.78. The fourth-order valence-electron chi connectivity index (χ4n) is 2.02. The Hall–Kier alpha value is -0.650. The first-order valence-electron chi connectivity index (χ1n) is 5.39. The Morgan fingerprint density at radius 3 is 3.20 bits per heavy atom. The molecule has 0 bridgehead atoms. The van der Waals surface area contributed by atoms with Crippen LogP contribution in [0, 0.1) is 0 Å². The van der Waals surface area contributed by atoms with E-state index in [-0.39, 0.29) is 11.6 Å². The topological polar surface area (TPSA) is 56.8 Å². The molecule has 1 spiro atoms. The number of rotatable bonds is 2. The van der Waals surface area contributed by atoms with Gasteiger partial charge in [0.1, 0.15) is 5.60 Å². The Balaban J connectivity index is 1.94. The lowest BCUT2D eigenvalue weighted by Gasteiger charge is -2.36. The second-order valence-corrected chi connectivity index (χ2v) is 3.98. The van der Waals surface area contributed by atoms with Crippen LogP contribution in [0.2, 0.25) is 0 Å². The standard InChI is InChI=1S/C10H17NO4/c1-2-14-9(12)8-5-13-7-10(15-8)3-4-11-6-10/h8,11H,2-7H2,1H3. The first-order chi connectivity index (χ1) is 7.26. The minimum atomic E-state index is -0.557. The van der Waals surface area contributed by atoms with Gasteiger partial charge in [0.15, 0.2) is 6.10 Å². The van der Waals surface area contributed by atoms with Gasteiger partial charge >= 0.3 is 5.97 Å². The molecular weight excluding hydrogens is 198 g/mol. The molecule has 0 aromatic heterocycles. The lowest BCUT2D eigenvalue weighted by Crippen LogP contribution is -2.51. The summed E-state index contributed by atoms with van der Waals surface area (Å²) in [6.07, 6.45) is 0.335. The molecule has 1 N–H and O–H groups in total. The van der Waals surface area contributed by atoms with Gasteiger partial charge in [-0.15, -0.1) is 0 Å². The summed E-state index contributed by atoms with van der Waals surface area (Å²) in [5.74, 6) is -0.316. The van der Waals surface area contributed by atoms with Crippen LogP contribution in [0.1, 0.15) is 13.3 Å². The maximum Gasteiger partial charge on any atom is 0.337 e. The van der Waals surface area contributed by atoms with Gasteiger partial charge in [0.25, 0.3) is 0 Å². The van der Waals surface area contributed by atoms with Crippen LogP contribution in [0.3, 0.4) is 0 Å². The molecule has 0 aromatic carbocycles. The van der Waals surface area contributed by atoms with Crippen molar-refractivity contribution in [3.8, 4) is 0 Å². The molecule has 2 saturated heterocycles. The summed E-state index contributed by atoms with van der Waals surface area (Å²) in [6, 6.07) is 0. The summed E-state index contributed by atoms with van der Waals surface area (Å²) in [6.45, 7) is 4.71. The Morgan fingerprint density at radius 1 is 1.67 bits per heavy atom. The van der Waals surface area contributed by atoms with E-state index in [1.807, 2.05) is 0 Å². The zero-order valence-corrected chi connectivity index (χ0v) is 8.95. The number of hydrogen-bond donors (Lipinski definition) is 1. The van der Waals surface area contributed by atoms with E-state index in [0.717, 1.165) is 19.5 Å². The van der Waals surface area contributed by atoms with Crippen LogP contribution < -0.4 is 5.32 Å². The highest BCUT2D eigenvalue weighted by Crippen LogP contribution is 2.26. The van der Waals surface area contributed by atoms with Crippen molar-refractivity contribution in [3.63, 3.8) is 0 Å². The van der Waals surface area contributed by atoms with E-state index in [1.54, 1.807) is 6.92 Å². The maximum absolute atomic E-state index is 11.5. The van der Waals surface area contributed by atoms with Gasteiger partial charge in [0.2, 0.25) is 0 Å². The van der Waals surface area contributed by atoms with E-state index in [0.29, 0.717) is 19.8 Å². The number of esters is 1. The van der Waals surface area contributed by atoms with Crippen molar-refractivity contribution in [1.29, 1.82) is 0 Å². The summed E-state index contributed by atoms with van der Waals surface area (Å²) in [5, 5.41) is 3.22. The van der Waals surface area contributed by atoms with Crippen LogP contribution in [0.15, 0.2) is 0 Å². The van der Waals surface area contributed by atoms with Crippen LogP contribution in [-0.4, -0.2) is 50.6 Å². The third kappa shape index (κ3) is 2.30. The summed E-state index contributed by atoms with van der Waals surface area (Å²) in [5.41, 5.74) is -0.310. The Labute approximate surface area is 89.1 Å². The second kappa shape index (κ2) is 4.47. The predicted molar refractivity (Wildman–Crippen MR) is 52.5 cm³/mol. The first kappa shape index (κ1) is 10.9. The number of carbonyl (C=O) groups is 1. The Morgan fingerprint density at radius 2 is 2.53 bits per heavy atom. The van der Waals surface area contributed by atoms with Crippen LogP contribution in [-0.2, 0) is 19.0 Å². The molecule has 2 unspecified atom stereocenters. The van der Waals surface area contributed by atoms with E-state index >= 15 is 0 Å². The summed E-state index contributed by atoms with van der Waals surface area (Å²) >= 11 is 0. The fourth-order valence-corrected chi connectivity index (χ4v) is 2.02. The largest absolute Gasteiger partial charge is 0.464 e. The molecule has 2 aliphatic rings. The van der Waals surface area contributed by atoms with Gasteiger partial charge in [-0.3, -0.25) is 0 Å². The molecule has 5 nitrogen and oxygen atoms in total. The molecule has 0 radical (unpaired) electrons. The van der Waals surface area contributed by atoms with E-state index < -0.39 is 6.10 Å². The molecule has 2 heterocycles. The molecule has 0 aromatic rings. The molecule has 5 heteroatoms. The Bertz CT molecular complexity index is 238. The van der Waals surface area contributed by atoms with Crippen LogP contribution in [0.25, 0.3) is 0 Å². The second-order valence-electron chi connectivity index (χ2n) is 3.98. The summed E-state index contributed by atoms with van der Waals surface area (Å²) in [7, 11) is 0. The molecule has 2 rings (SSSR count). The van der Waals surface area contributed by atoms with E-state index in [1.165, 1.54) is 0 Å². The van der Waals surface area contributed by atoms with E-state index in [2.05, 4.69) is 5.32 Å². The minimum absolute atomic E-state index is 0.306. The molecule has 0 aliphatic carbocycles. The lowest BCUT2D eigenvalue weighted by atomic mass is 10.0. The summed E-state index contributed by atoms with van der Waals surface area (Å²) < 4.78 is 16.1. The number of nitrogens with one attached hydrogen (secondary N) is 1. The smallest absolute Gasteiger partial charge is 0.337 e. The average molecular weight is 215 g/mol. The van der Waals surface area contributed by atoms with Gasteiger partial charge in [0, 0.05) is 6.54 Å². The van der Waals surface area contributed by atoms with Gasteiger partial charge in [0.05, 0.1) is 19.8 Å². The molecule has 0 saturated carbocycles. The van der Waals surface area contributed by atoms with Crippen LogP contribution in [0.5, 0.6) is 0 Å². The molecule has 2 aliphatic heterocycles. The number of hydrogen-bond acceptors (Lipinski definition) is 5. The molecular formula is C10H17NO4. The predicted octanol–water partition coefficient (Wildman–Crippen LogP) is -0.303. The minimum Gasteiger partial charge on any atom is -0.464 e. The van der Waals surface area contributed by atoms with Crippen molar-refractivity contribution in [2.45, 2.75) is 25.0 Å². The molecule has 86 valence electrons. The van der Waals surface area contributed by atoms with Crippen molar-refractivity contribution in [3.05, 3.63) is 0 Å².